The first-order valence-electron chi connectivity index (χ1n) is 9.45. The van der Waals surface area contributed by atoms with E-state index in [-0.39, 0.29) is 17.0 Å². The van der Waals surface area contributed by atoms with Crippen LogP contribution in [0.5, 0.6) is 0 Å². The van der Waals surface area contributed by atoms with Crippen LogP contribution in [0, 0.1) is 0 Å². The molecule has 0 bridgehead atoms. The van der Waals surface area contributed by atoms with Crippen molar-refractivity contribution < 1.29 is 4.79 Å². The maximum Gasteiger partial charge on any atom is 0.264 e. The van der Waals surface area contributed by atoms with E-state index >= 15 is 0 Å². The molecule has 0 saturated carbocycles. The van der Waals surface area contributed by atoms with Crippen LogP contribution in [0.2, 0.25) is 0 Å². The van der Waals surface area contributed by atoms with E-state index in [0.717, 1.165) is 16.5 Å². The van der Waals surface area contributed by atoms with Gasteiger partial charge in [0.05, 0.1) is 0 Å². The lowest BCUT2D eigenvalue weighted by atomic mass is 10.1. The smallest absolute Gasteiger partial charge is 0.264 e. The average molecular weight is 383 g/mol. The SMILES string of the molecule is Cn1c(=O)c(C(=O)N(Cc2ccccc2)Cc2ccccc2)cc2cccnc21. The Labute approximate surface area is 168 Å². The zero-order valence-electron chi connectivity index (χ0n) is 16.2. The lowest BCUT2D eigenvalue weighted by molar-refractivity contribution is 0.0728. The van der Waals surface area contributed by atoms with Crippen LogP contribution in [0.3, 0.4) is 0 Å². The van der Waals surface area contributed by atoms with E-state index in [1.54, 1.807) is 30.3 Å². The highest BCUT2D eigenvalue weighted by Gasteiger charge is 2.21. The van der Waals surface area contributed by atoms with Crippen LogP contribution in [-0.4, -0.2) is 20.4 Å². The molecule has 4 rings (SSSR count). The molecule has 0 spiro atoms. The largest absolute Gasteiger partial charge is 0.330 e. The monoisotopic (exact) mass is 383 g/mol. The lowest BCUT2D eigenvalue weighted by Crippen LogP contribution is -2.35. The second-order valence-corrected chi connectivity index (χ2v) is 6.97. The van der Waals surface area contributed by atoms with Crippen molar-refractivity contribution in [1.29, 1.82) is 0 Å². The van der Waals surface area contributed by atoms with Gasteiger partial charge >= 0.3 is 0 Å². The second-order valence-electron chi connectivity index (χ2n) is 6.97. The van der Waals surface area contributed by atoms with E-state index in [9.17, 15) is 9.59 Å². The predicted molar refractivity (Wildman–Crippen MR) is 113 cm³/mol. The van der Waals surface area contributed by atoms with E-state index < -0.39 is 0 Å². The van der Waals surface area contributed by atoms with E-state index in [0.29, 0.717) is 18.7 Å². The summed E-state index contributed by atoms with van der Waals surface area (Å²) in [6.45, 7) is 0.839. The van der Waals surface area contributed by atoms with Crippen LogP contribution in [0.25, 0.3) is 11.0 Å². The number of nitrogens with zero attached hydrogens (tertiary/aromatic N) is 3. The third-order valence-corrected chi connectivity index (χ3v) is 4.92. The van der Waals surface area contributed by atoms with Crippen molar-refractivity contribution in [1.82, 2.24) is 14.5 Å². The normalized spacial score (nSPS) is 10.8. The minimum atomic E-state index is -0.340. The van der Waals surface area contributed by atoms with Crippen molar-refractivity contribution >= 4 is 16.9 Å². The van der Waals surface area contributed by atoms with Crippen LogP contribution in [-0.2, 0) is 20.1 Å². The van der Waals surface area contributed by atoms with Crippen molar-refractivity contribution in [3.8, 4) is 0 Å². The summed E-state index contributed by atoms with van der Waals surface area (Å²) < 4.78 is 1.44. The molecule has 0 saturated heterocycles. The molecular formula is C24H21N3O2. The fourth-order valence-corrected chi connectivity index (χ4v) is 3.43. The fourth-order valence-electron chi connectivity index (χ4n) is 3.43. The lowest BCUT2D eigenvalue weighted by Gasteiger charge is -2.23. The van der Waals surface area contributed by atoms with Crippen molar-refractivity contribution in [2.45, 2.75) is 13.1 Å². The average Bonchev–Trinajstić information content (AvgIpc) is 2.77. The number of aromatic nitrogens is 2. The third-order valence-electron chi connectivity index (χ3n) is 4.92. The van der Waals surface area contributed by atoms with Crippen molar-refractivity contribution in [3.05, 3.63) is 112 Å². The summed E-state index contributed by atoms with van der Waals surface area (Å²) in [6, 6.07) is 24.9. The summed E-state index contributed by atoms with van der Waals surface area (Å²) in [6.07, 6.45) is 1.64. The molecule has 0 radical (unpaired) electrons. The van der Waals surface area contributed by atoms with Crippen LogP contribution >= 0.6 is 0 Å². The summed E-state index contributed by atoms with van der Waals surface area (Å²) in [5.41, 5.74) is 2.39. The minimum Gasteiger partial charge on any atom is -0.330 e. The maximum absolute atomic E-state index is 13.5. The molecule has 2 aromatic carbocycles. The van der Waals surface area contributed by atoms with Gasteiger partial charge in [0, 0.05) is 31.7 Å². The summed E-state index contributed by atoms with van der Waals surface area (Å²) in [5, 5.41) is 0.761. The molecule has 0 N–H and O–H groups in total. The molecule has 2 aromatic heterocycles. The molecular weight excluding hydrogens is 362 g/mol. The topological polar surface area (TPSA) is 55.2 Å². The van der Waals surface area contributed by atoms with Gasteiger partial charge in [-0.3, -0.25) is 14.2 Å². The summed E-state index contributed by atoms with van der Waals surface area (Å²) in [7, 11) is 1.65. The molecule has 1 amide bonds. The quantitative estimate of drug-likeness (QED) is 0.527. The van der Waals surface area contributed by atoms with Gasteiger partial charge in [-0.15, -0.1) is 0 Å². The number of amides is 1. The molecule has 5 heteroatoms. The zero-order valence-corrected chi connectivity index (χ0v) is 16.2. The molecule has 29 heavy (non-hydrogen) atoms. The van der Waals surface area contributed by atoms with E-state index in [4.69, 9.17) is 0 Å². The van der Waals surface area contributed by atoms with Gasteiger partial charge < -0.3 is 4.90 Å². The Morgan fingerprint density at radius 1 is 0.897 bits per heavy atom. The Kier molecular flexibility index (Phi) is 5.20. The Hall–Kier alpha value is -3.73. The first-order chi connectivity index (χ1) is 14.1. The number of pyridine rings is 2. The van der Waals surface area contributed by atoms with Crippen LogP contribution in [0.1, 0.15) is 21.5 Å². The highest BCUT2D eigenvalue weighted by atomic mass is 16.2. The van der Waals surface area contributed by atoms with Gasteiger partial charge in [-0.1, -0.05) is 60.7 Å². The highest BCUT2D eigenvalue weighted by molar-refractivity contribution is 5.96. The summed E-state index contributed by atoms with van der Waals surface area (Å²) in [4.78, 5) is 32.3. The molecule has 5 nitrogen and oxygen atoms in total. The standard InChI is InChI=1S/C24H21N3O2/c1-26-22-20(13-8-14-25-22)15-21(23(26)28)24(29)27(16-18-9-4-2-5-10-18)17-19-11-6-3-7-12-19/h2-15H,16-17H2,1H3. The van der Waals surface area contributed by atoms with Crippen molar-refractivity contribution in [2.24, 2.45) is 7.05 Å². The Bertz CT molecular complexity index is 1160. The molecule has 0 aliphatic rings. The van der Waals surface area contributed by atoms with Crippen LogP contribution in [0.15, 0.2) is 89.9 Å². The van der Waals surface area contributed by atoms with Gasteiger partial charge in [0.2, 0.25) is 0 Å². The number of carbonyl (C=O) groups is 1. The molecule has 0 aliphatic carbocycles. The minimum absolute atomic E-state index is 0.153. The van der Waals surface area contributed by atoms with Gasteiger partial charge in [0.15, 0.2) is 0 Å². The Morgan fingerprint density at radius 2 is 1.48 bits per heavy atom. The number of aryl methyl sites for hydroxylation is 1. The predicted octanol–water partition coefficient (Wildman–Crippen LogP) is 3.78. The molecule has 2 heterocycles. The summed E-state index contributed by atoms with van der Waals surface area (Å²) in [5.74, 6) is -0.288. The maximum atomic E-state index is 13.5. The van der Waals surface area contributed by atoms with Gasteiger partial charge in [-0.2, -0.15) is 0 Å². The van der Waals surface area contributed by atoms with Crippen LogP contribution < -0.4 is 5.56 Å². The summed E-state index contributed by atoms with van der Waals surface area (Å²) >= 11 is 0. The van der Waals surface area contributed by atoms with Gasteiger partial charge in [0.1, 0.15) is 11.2 Å². The number of hydrogen-bond donors (Lipinski definition) is 0. The van der Waals surface area contributed by atoms with Gasteiger partial charge in [-0.25, -0.2) is 4.98 Å². The number of carbonyl (C=O) groups excluding carboxylic acids is 1. The molecule has 0 aliphatic heterocycles. The Balaban J connectivity index is 1.75. The fraction of sp³-hybridized carbons (Fsp3) is 0.125. The first kappa shape index (κ1) is 18.6. The number of fused-ring (bicyclic) bond motifs is 1. The van der Waals surface area contributed by atoms with Crippen molar-refractivity contribution in [2.75, 3.05) is 0 Å². The molecule has 0 atom stereocenters. The molecule has 4 aromatic rings. The molecule has 0 unspecified atom stereocenters. The number of hydrogen-bond acceptors (Lipinski definition) is 3. The first-order valence-corrected chi connectivity index (χ1v) is 9.45. The third kappa shape index (κ3) is 3.94. The van der Waals surface area contributed by atoms with Crippen molar-refractivity contribution in [3.63, 3.8) is 0 Å². The van der Waals surface area contributed by atoms with E-state index in [1.165, 1.54) is 4.57 Å². The number of benzene rings is 2. The number of rotatable bonds is 5. The molecule has 144 valence electrons. The van der Waals surface area contributed by atoms with E-state index in [2.05, 4.69) is 4.98 Å². The van der Waals surface area contributed by atoms with Gasteiger partial charge in [0.25, 0.3) is 11.5 Å². The Morgan fingerprint density at radius 3 is 2.07 bits per heavy atom. The molecule has 0 fully saturated rings. The zero-order chi connectivity index (χ0) is 20.2. The van der Waals surface area contributed by atoms with E-state index in [1.807, 2.05) is 66.7 Å². The van der Waals surface area contributed by atoms with Gasteiger partial charge in [-0.05, 0) is 29.3 Å². The highest BCUT2D eigenvalue weighted by Crippen LogP contribution is 2.16. The van der Waals surface area contributed by atoms with Crippen LogP contribution in [0.4, 0.5) is 0 Å². The second kappa shape index (κ2) is 8.10.